The maximum Gasteiger partial charge on any atom is 0.319 e. The molecule has 1 unspecified atom stereocenters. The molecule has 1 atom stereocenters. The Labute approximate surface area is 119 Å². The number of aliphatic hydroxyl groups excluding tert-OH is 1. The molecule has 1 rings (SSSR count). The molecule has 0 radical (unpaired) electrons. The van der Waals surface area contributed by atoms with Gasteiger partial charge >= 0.3 is 6.03 Å². The molecule has 0 heterocycles. The van der Waals surface area contributed by atoms with Crippen LogP contribution in [0.5, 0.6) is 0 Å². The van der Waals surface area contributed by atoms with Crippen molar-refractivity contribution in [1.29, 1.82) is 0 Å². The average Bonchev–Trinajstić information content (AvgIpc) is 2.34. The van der Waals surface area contributed by atoms with Gasteiger partial charge in [0.15, 0.2) is 0 Å². The zero-order chi connectivity index (χ0) is 14.3. The number of aliphatic hydroxyl groups is 1. The van der Waals surface area contributed by atoms with Gasteiger partial charge in [0.2, 0.25) is 0 Å². The first-order chi connectivity index (χ1) is 9.02. The summed E-state index contributed by atoms with van der Waals surface area (Å²) in [7, 11) is 1.49. The van der Waals surface area contributed by atoms with Crippen LogP contribution in [0.3, 0.4) is 0 Å². The first kappa shape index (κ1) is 15.9. The Morgan fingerprint density at radius 3 is 3.00 bits per heavy atom. The van der Waals surface area contributed by atoms with Gasteiger partial charge in [-0.15, -0.1) is 0 Å². The maximum absolute atomic E-state index is 13.0. The van der Waals surface area contributed by atoms with Crippen LogP contribution in [0.4, 0.5) is 14.9 Å². The van der Waals surface area contributed by atoms with Gasteiger partial charge in [-0.05, 0) is 40.5 Å². The fraction of sp³-hybridized carbons (Fsp3) is 0.417. The molecule has 7 heteroatoms. The van der Waals surface area contributed by atoms with Crippen molar-refractivity contribution in [3.05, 3.63) is 28.5 Å². The molecule has 0 aliphatic carbocycles. The maximum atomic E-state index is 13.0. The van der Waals surface area contributed by atoms with E-state index in [-0.39, 0.29) is 6.61 Å². The molecule has 0 fully saturated rings. The molecule has 0 aromatic heterocycles. The minimum Gasteiger partial charge on any atom is -0.391 e. The number of carbonyl (C=O) groups excluding carboxylic acids is 1. The van der Waals surface area contributed by atoms with Gasteiger partial charge in [-0.2, -0.15) is 0 Å². The van der Waals surface area contributed by atoms with E-state index in [0.29, 0.717) is 23.1 Å². The Kier molecular flexibility index (Phi) is 6.75. The highest BCUT2D eigenvalue weighted by atomic mass is 79.9. The highest BCUT2D eigenvalue weighted by molar-refractivity contribution is 9.10. The standard InChI is InChI=1S/C12H16BrFN2O3/c1-19-7-9(17)4-5-15-12(18)16-11-6-8(14)2-3-10(11)13/h2-3,6,9,17H,4-5,7H2,1H3,(H2,15,16,18). The minimum atomic E-state index is -0.619. The molecule has 0 aliphatic heterocycles. The Morgan fingerprint density at radius 2 is 2.32 bits per heavy atom. The molecule has 2 amide bonds. The summed E-state index contributed by atoms with van der Waals surface area (Å²) < 4.78 is 18.3. The smallest absolute Gasteiger partial charge is 0.319 e. The number of hydrogen-bond acceptors (Lipinski definition) is 3. The van der Waals surface area contributed by atoms with Crippen LogP contribution in [-0.2, 0) is 4.74 Å². The lowest BCUT2D eigenvalue weighted by Gasteiger charge is -2.11. The molecule has 5 nitrogen and oxygen atoms in total. The third-order valence-electron chi connectivity index (χ3n) is 2.30. The molecular weight excluding hydrogens is 319 g/mol. The predicted octanol–water partition coefficient (Wildman–Crippen LogP) is 2.11. The number of carbonyl (C=O) groups is 1. The number of ether oxygens (including phenoxy) is 1. The SMILES string of the molecule is COCC(O)CCNC(=O)Nc1cc(F)ccc1Br. The van der Waals surface area contributed by atoms with E-state index >= 15 is 0 Å². The second kappa shape index (κ2) is 8.08. The number of nitrogens with one attached hydrogen (secondary N) is 2. The summed E-state index contributed by atoms with van der Waals surface area (Å²) in [5.41, 5.74) is 0.343. The van der Waals surface area contributed by atoms with Crippen molar-refractivity contribution >= 4 is 27.6 Å². The highest BCUT2D eigenvalue weighted by Crippen LogP contribution is 2.22. The molecule has 106 valence electrons. The van der Waals surface area contributed by atoms with Gasteiger partial charge in [0.05, 0.1) is 18.4 Å². The minimum absolute atomic E-state index is 0.221. The number of urea groups is 1. The molecule has 0 spiro atoms. The largest absolute Gasteiger partial charge is 0.391 e. The van der Waals surface area contributed by atoms with E-state index in [1.54, 1.807) is 0 Å². The van der Waals surface area contributed by atoms with Crippen molar-refractivity contribution in [2.24, 2.45) is 0 Å². The van der Waals surface area contributed by atoms with Gasteiger partial charge in [0, 0.05) is 18.1 Å². The zero-order valence-electron chi connectivity index (χ0n) is 10.5. The van der Waals surface area contributed by atoms with Crippen LogP contribution >= 0.6 is 15.9 Å². The fourth-order valence-corrected chi connectivity index (χ4v) is 1.73. The van der Waals surface area contributed by atoms with Gasteiger partial charge in [-0.3, -0.25) is 0 Å². The number of rotatable bonds is 6. The number of halogens is 2. The summed E-state index contributed by atoms with van der Waals surface area (Å²) in [6.07, 6.45) is -0.239. The number of hydrogen-bond donors (Lipinski definition) is 3. The number of benzene rings is 1. The van der Waals surface area contributed by atoms with Crippen molar-refractivity contribution in [1.82, 2.24) is 5.32 Å². The highest BCUT2D eigenvalue weighted by Gasteiger charge is 2.08. The monoisotopic (exact) mass is 334 g/mol. The van der Waals surface area contributed by atoms with Crippen molar-refractivity contribution in [3.8, 4) is 0 Å². The summed E-state index contributed by atoms with van der Waals surface area (Å²) >= 11 is 3.21. The van der Waals surface area contributed by atoms with Gasteiger partial charge in [-0.1, -0.05) is 0 Å². The summed E-state index contributed by atoms with van der Waals surface area (Å²) in [5, 5.41) is 14.4. The third kappa shape index (κ3) is 6.00. The van der Waals surface area contributed by atoms with E-state index in [1.807, 2.05) is 0 Å². The van der Waals surface area contributed by atoms with Crippen LogP contribution in [0.15, 0.2) is 22.7 Å². The number of amides is 2. The van der Waals surface area contributed by atoms with Crippen LogP contribution in [0.25, 0.3) is 0 Å². The van der Waals surface area contributed by atoms with Crippen LogP contribution in [-0.4, -0.2) is 37.5 Å². The molecule has 3 N–H and O–H groups in total. The Hall–Kier alpha value is -1.18. The molecule has 0 saturated heterocycles. The lowest BCUT2D eigenvalue weighted by molar-refractivity contribution is 0.0599. The van der Waals surface area contributed by atoms with Gasteiger partial charge in [0.25, 0.3) is 0 Å². The van der Waals surface area contributed by atoms with Crippen LogP contribution < -0.4 is 10.6 Å². The molecular formula is C12H16BrFN2O3. The fourth-order valence-electron chi connectivity index (χ4n) is 1.39. The first-order valence-electron chi connectivity index (χ1n) is 5.70. The van der Waals surface area contributed by atoms with E-state index in [0.717, 1.165) is 0 Å². The topological polar surface area (TPSA) is 70.6 Å². The summed E-state index contributed by atoms with van der Waals surface area (Å²) in [6, 6.07) is 3.54. The molecule has 1 aromatic carbocycles. The van der Waals surface area contributed by atoms with Crippen molar-refractivity contribution in [2.45, 2.75) is 12.5 Å². The molecule has 1 aromatic rings. The van der Waals surface area contributed by atoms with E-state index < -0.39 is 18.0 Å². The normalized spacial score (nSPS) is 12.0. The molecule has 0 bridgehead atoms. The van der Waals surface area contributed by atoms with Crippen molar-refractivity contribution < 1.29 is 19.0 Å². The van der Waals surface area contributed by atoms with E-state index in [1.165, 1.54) is 25.3 Å². The predicted molar refractivity (Wildman–Crippen MR) is 73.6 cm³/mol. The van der Waals surface area contributed by atoms with Crippen LogP contribution in [0.2, 0.25) is 0 Å². The van der Waals surface area contributed by atoms with E-state index in [9.17, 15) is 14.3 Å². The third-order valence-corrected chi connectivity index (χ3v) is 2.99. The molecule has 0 aliphatic rings. The summed E-state index contributed by atoms with van der Waals surface area (Å²) in [5.74, 6) is -0.436. The summed E-state index contributed by atoms with van der Waals surface area (Å²) in [4.78, 5) is 11.5. The number of anilines is 1. The van der Waals surface area contributed by atoms with Gasteiger partial charge < -0.3 is 20.5 Å². The molecule has 19 heavy (non-hydrogen) atoms. The Balaban J connectivity index is 2.37. The quantitative estimate of drug-likeness (QED) is 0.746. The lowest BCUT2D eigenvalue weighted by Crippen LogP contribution is -2.32. The lowest BCUT2D eigenvalue weighted by atomic mass is 10.3. The second-order valence-electron chi connectivity index (χ2n) is 3.90. The van der Waals surface area contributed by atoms with E-state index in [4.69, 9.17) is 4.74 Å². The van der Waals surface area contributed by atoms with Crippen molar-refractivity contribution in [2.75, 3.05) is 25.6 Å². The van der Waals surface area contributed by atoms with Crippen LogP contribution in [0, 0.1) is 5.82 Å². The first-order valence-corrected chi connectivity index (χ1v) is 6.49. The van der Waals surface area contributed by atoms with Crippen LogP contribution in [0.1, 0.15) is 6.42 Å². The average molecular weight is 335 g/mol. The van der Waals surface area contributed by atoms with Crippen molar-refractivity contribution in [3.63, 3.8) is 0 Å². The van der Waals surface area contributed by atoms with Gasteiger partial charge in [0.1, 0.15) is 5.82 Å². The molecule has 0 saturated carbocycles. The van der Waals surface area contributed by atoms with E-state index in [2.05, 4.69) is 26.6 Å². The van der Waals surface area contributed by atoms with Gasteiger partial charge in [-0.25, -0.2) is 9.18 Å². The zero-order valence-corrected chi connectivity index (χ0v) is 12.0. The Morgan fingerprint density at radius 1 is 1.58 bits per heavy atom. The summed E-state index contributed by atoms with van der Waals surface area (Å²) in [6.45, 7) is 0.516. The number of methoxy groups -OCH3 is 1. The second-order valence-corrected chi connectivity index (χ2v) is 4.76. The Bertz CT molecular complexity index is 431.